The summed E-state index contributed by atoms with van der Waals surface area (Å²) in [6, 6.07) is 12.3. The molecule has 0 saturated heterocycles. The lowest BCUT2D eigenvalue weighted by atomic mass is 10.1. The maximum absolute atomic E-state index is 13.8. The van der Waals surface area contributed by atoms with Crippen LogP contribution in [-0.2, 0) is 4.79 Å². The van der Waals surface area contributed by atoms with Gasteiger partial charge in [0.25, 0.3) is 5.91 Å². The lowest BCUT2D eigenvalue weighted by molar-refractivity contribution is -0.112. The van der Waals surface area contributed by atoms with E-state index in [2.05, 4.69) is 21.9 Å². The van der Waals surface area contributed by atoms with Gasteiger partial charge in [-0.1, -0.05) is 18.7 Å². The first-order valence-electron chi connectivity index (χ1n) is 8.55. The molecule has 150 valence electrons. The van der Waals surface area contributed by atoms with Crippen LogP contribution < -0.4 is 20.5 Å². The van der Waals surface area contributed by atoms with Crippen LogP contribution in [0.2, 0.25) is 0 Å². The number of nitrogens with two attached hydrogens (primary N) is 1. The highest BCUT2D eigenvalue weighted by Crippen LogP contribution is 2.37. The van der Waals surface area contributed by atoms with E-state index in [4.69, 9.17) is 20.5 Å². The molecule has 9 heteroatoms. The normalized spacial score (nSPS) is 10.0. The van der Waals surface area contributed by atoms with Gasteiger partial charge in [-0.2, -0.15) is 5.26 Å². The molecule has 0 fully saturated rings. The van der Waals surface area contributed by atoms with Gasteiger partial charge in [0.1, 0.15) is 29.5 Å². The van der Waals surface area contributed by atoms with Crippen molar-refractivity contribution in [3.8, 4) is 34.6 Å². The fourth-order valence-electron chi connectivity index (χ4n) is 2.55. The van der Waals surface area contributed by atoms with E-state index in [1.54, 1.807) is 24.3 Å². The number of carbonyl (C=O) groups is 1. The van der Waals surface area contributed by atoms with E-state index >= 15 is 0 Å². The highest BCUT2D eigenvalue weighted by molar-refractivity contribution is 6.06. The van der Waals surface area contributed by atoms with E-state index in [9.17, 15) is 9.18 Å². The average Bonchev–Trinajstić information content (AvgIpc) is 2.74. The second-order valence-electron chi connectivity index (χ2n) is 5.96. The zero-order valence-electron chi connectivity index (χ0n) is 15.8. The molecule has 30 heavy (non-hydrogen) atoms. The summed E-state index contributed by atoms with van der Waals surface area (Å²) < 4.78 is 24.7. The molecule has 0 aliphatic carbocycles. The SMILES string of the molecule is C=C(C#N)C(=O)Nc1cccc(Oc2ncnc(N)c2-c2ccc(F)c(OC)c2)c1. The number of anilines is 2. The first-order valence-corrected chi connectivity index (χ1v) is 8.55. The van der Waals surface area contributed by atoms with Gasteiger partial charge in [0.05, 0.1) is 12.7 Å². The molecular weight excluding hydrogens is 389 g/mol. The number of rotatable bonds is 6. The Morgan fingerprint density at radius 3 is 2.80 bits per heavy atom. The van der Waals surface area contributed by atoms with Crippen LogP contribution in [0.15, 0.2) is 60.9 Å². The van der Waals surface area contributed by atoms with Crippen LogP contribution in [0, 0.1) is 17.1 Å². The third-order valence-electron chi connectivity index (χ3n) is 4.00. The predicted octanol–water partition coefficient (Wildman–Crippen LogP) is 3.68. The summed E-state index contributed by atoms with van der Waals surface area (Å²) >= 11 is 0. The van der Waals surface area contributed by atoms with E-state index in [1.165, 1.54) is 37.7 Å². The van der Waals surface area contributed by atoms with Gasteiger partial charge in [0.15, 0.2) is 11.6 Å². The Morgan fingerprint density at radius 1 is 1.27 bits per heavy atom. The van der Waals surface area contributed by atoms with Gasteiger partial charge in [-0.25, -0.2) is 14.4 Å². The number of nitrogens with one attached hydrogen (secondary N) is 1. The topological polar surface area (TPSA) is 123 Å². The van der Waals surface area contributed by atoms with Crippen molar-refractivity contribution in [3.63, 3.8) is 0 Å². The Labute approximate surface area is 171 Å². The van der Waals surface area contributed by atoms with E-state index in [0.717, 1.165) is 0 Å². The molecule has 1 amide bonds. The number of amides is 1. The standard InChI is InChI=1S/C21H16FN5O3/c1-12(10-23)20(28)27-14-4-3-5-15(9-14)30-21-18(19(24)25-11-26-21)13-6-7-16(22)17(8-13)29-2/h3-9,11H,1H2,2H3,(H,27,28)(H2,24,25,26). The summed E-state index contributed by atoms with van der Waals surface area (Å²) in [5.74, 6) is -0.529. The Hall–Kier alpha value is -4.45. The minimum absolute atomic E-state index is 0.0316. The number of nitrogen functional groups attached to an aromatic ring is 1. The van der Waals surface area contributed by atoms with Gasteiger partial charge < -0.3 is 20.5 Å². The maximum atomic E-state index is 13.8. The molecule has 3 rings (SSSR count). The number of carbonyl (C=O) groups excluding carboxylic acids is 1. The quantitative estimate of drug-likeness (QED) is 0.473. The lowest BCUT2D eigenvalue weighted by Crippen LogP contribution is -2.12. The van der Waals surface area contributed by atoms with Gasteiger partial charge in [-0.05, 0) is 29.8 Å². The third-order valence-corrected chi connectivity index (χ3v) is 4.00. The zero-order valence-corrected chi connectivity index (χ0v) is 15.8. The largest absolute Gasteiger partial charge is 0.494 e. The first kappa shape index (κ1) is 20.3. The molecule has 2 aromatic carbocycles. The molecule has 8 nitrogen and oxygen atoms in total. The number of benzene rings is 2. The number of halogens is 1. The first-order chi connectivity index (χ1) is 14.4. The van der Waals surface area contributed by atoms with Crippen molar-refractivity contribution < 1.29 is 18.7 Å². The van der Waals surface area contributed by atoms with Crippen LogP contribution in [0.25, 0.3) is 11.1 Å². The summed E-state index contributed by atoms with van der Waals surface area (Å²) in [7, 11) is 1.35. The monoisotopic (exact) mass is 405 g/mol. The Bertz CT molecular complexity index is 1170. The highest BCUT2D eigenvalue weighted by Gasteiger charge is 2.16. The molecule has 0 saturated carbocycles. The van der Waals surface area contributed by atoms with Crippen LogP contribution in [0.1, 0.15) is 0 Å². The number of hydrogen-bond acceptors (Lipinski definition) is 7. The summed E-state index contributed by atoms with van der Waals surface area (Å²) in [6.45, 7) is 3.36. The van der Waals surface area contributed by atoms with Crippen molar-refractivity contribution in [2.75, 3.05) is 18.2 Å². The fraction of sp³-hybridized carbons (Fsp3) is 0.0476. The summed E-state index contributed by atoms with van der Waals surface area (Å²) in [5, 5.41) is 11.3. The zero-order chi connectivity index (χ0) is 21.7. The summed E-state index contributed by atoms with van der Waals surface area (Å²) in [5.41, 5.74) is 7.03. The minimum atomic E-state index is -0.625. The van der Waals surface area contributed by atoms with Crippen LogP contribution in [0.3, 0.4) is 0 Å². The van der Waals surface area contributed by atoms with Crippen molar-refractivity contribution in [1.29, 1.82) is 5.26 Å². The van der Waals surface area contributed by atoms with Crippen molar-refractivity contribution in [1.82, 2.24) is 9.97 Å². The van der Waals surface area contributed by atoms with Gasteiger partial charge in [-0.15, -0.1) is 0 Å². The molecule has 0 aliphatic rings. The number of aromatic nitrogens is 2. The fourth-order valence-corrected chi connectivity index (χ4v) is 2.55. The minimum Gasteiger partial charge on any atom is -0.494 e. The number of ether oxygens (including phenoxy) is 2. The van der Waals surface area contributed by atoms with Gasteiger partial charge in [0.2, 0.25) is 5.88 Å². The second-order valence-corrected chi connectivity index (χ2v) is 5.96. The molecule has 0 spiro atoms. The number of methoxy groups -OCH3 is 1. The van der Waals surface area contributed by atoms with Crippen molar-refractivity contribution in [2.45, 2.75) is 0 Å². The predicted molar refractivity (Wildman–Crippen MR) is 108 cm³/mol. The van der Waals surface area contributed by atoms with Crippen molar-refractivity contribution in [2.24, 2.45) is 0 Å². The molecule has 0 atom stereocenters. The van der Waals surface area contributed by atoms with Crippen molar-refractivity contribution in [3.05, 3.63) is 66.8 Å². The third kappa shape index (κ3) is 4.34. The molecule has 3 N–H and O–H groups in total. The summed E-state index contributed by atoms with van der Waals surface area (Å²) in [6.07, 6.45) is 1.23. The van der Waals surface area contributed by atoms with Gasteiger partial charge in [0, 0.05) is 11.8 Å². The number of nitriles is 1. The van der Waals surface area contributed by atoms with Gasteiger partial charge in [-0.3, -0.25) is 4.79 Å². The molecule has 3 aromatic rings. The molecule has 1 aromatic heterocycles. The lowest BCUT2D eigenvalue weighted by Gasteiger charge is -2.13. The maximum Gasteiger partial charge on any atom is 0.265 e. The Kier molecular flexibility index (Phi) is 5.89. The molecule has 0 aliphatic heterocycles. The Morgan fingerprint density at radius 2 is 2.07 bits per heavy atom. The van der Waals surface area contributed by atoms with E-state index in [-0.39, 0.29) is 23.0 Å². The highest BCUT2D eigenvalue weighted by atomic mass is 19.1. The van der Waals surface area contributed by atoms with E-state index < -0.39 is 11.7 Å². The Balaban J connectivity index is 1.95. The molecule has 0 radical (unpaired) electrons. The van der Waals surface area contributed by atoms with Crippen molar-refractivity contribution >= 4 is 17.4 Å². The van der Waals surface area contributed by atoms with Crippen LogP contribution in [0.5, 0.6) is 17.4 Å². The summed E-state index contributed by atoms with van der Waals surface area (Å²) in [4.78, 5) is 19.9. The smallest absolute Gasteiger partial charge is 0.265 e. The van der Waals surface area contributed by atoms with Crippen LogP contribution >= 0.6 is 0 Å². The van der Waals surface area contributed by atoms with Crippen LogP contribution in [0.4, 0.5) is 15.9 Å². The average molecular weight is 405 g/mol. The number of nitrogens with zero attached hydrogens (tertiary/aromatic N) is 3. The molecule has 0 unspecified atom stereocenters. The van der Waals surface area contributed by atoms with E-state index in [1.807, 2.05) is 0 Å². The molecule has 0 bridgehead atoms. The number of hydrogen-bond donors (Lipinski definition) is 2. The van der Waals surface area contributed by atoms with Gasteiger partial charge >= 0.3 is 0 Å². The second kappa shape index (κ2) is 8.70. The van der Waals surface area contributed by atoms with Crippen LogP contribution in [-0.4, -0.2) is 23.0 Å². The van der Waals surface area contributed by atoms with E-state index in [0.29, 0.717) is 22.6 Å². The molecule has 1 heterocycles. The molecular formula is C21H16FN5O3.